The summed E-state index contributed by atoms with van der Waals surface area (Å²) in [5.41, 5.74) is 2.25. The molecule has 112 valence electrons. The van der Waals surface area contributed by atoms with Crippen molar-refractivity contribution < 1.29 is 14.2 Å². The minimum Gasteiger partial charge on any atom is -0.481 e. The second-order valence-corrected chi connectivity index (χ2v) is 4.38. The minimum absolute atomic E-state index is 0.456. The predicted molar refractivity (Wildman–Crippen MR) is 79.6 cm³/mol. The van der Waals surface area contributed by atoms with Crippen LogP contribution in [0.1, 0.15) is 11.1 Å². The first-order valence-corrected chi connectivity index (χ1v) is 6.53. The first-order valence-electron chi connectivity index (χ1n) is 6.53. The SMILES string of the molecule is COCc1cccc(CNc2nc(OC)cc(OC)n2)c1. The van der Waals surface area contributed by atoms with E-state index in [1.807, 2.05) is 18.2 Å². The number of benzene rings is 1. The molecule has 0 fully saturated rings. The molecule has 0 radical (unpaired) electrons. The molecule has 0 aliphatic heterocycles. The highest BCUT2D eigenvalue weighted by Crippen LogP contribution is 2.18. The molecule has 6 nitrogen and oxygen atoms in total. The molecular formula is C15H19N3O3. The molecule has 1 N–H and O–H groups in total. The Kier molecular flexibility index (Phi) is 5.34. The molecule has 2 rings (SSSR count). The van der Waals surface area contributed by atoms with E-state index in [1.165, 1.54) is 0 Å². The van der Waals surface area contributed by atoms with E-state index in [1.54, 1.807) is 27.4 Å². The van der Waals surface area contributed by atoms with Crippen molar-refractivity contribution in [3.05, 3.63) is 41.5 Å². The van der Waals surface area contributed by atoms with Crippen molar-refractivity contribution in [3.63, 3.8) is 0 Å². The average molecular weight is 289 g/mol. The molecule has 0 saturated carbocycles. The lowest BCUT2D eigenvalue weighted by molar-refractivity contribution is 0.185. The van der Waals surface area contributed by atoms with E-state index in [0.29, 0.717) is 30.9 Å². The number of aromatic nitrogens is 2. The summed E-state index contributed by atoms with van der Waals surface area (Å²) in [6.07, 6.45) is 0. The van der Waals surface area contributed by atoms with Gasteiger partial charge in [-0.1, -0.05) is 24.3 Å². The van der Waals surface area contributed by atoms with Crippen LogP contribution in [0.3, 0.4) is 0 Å². The van der Waals surface area contributed by atoms with Crippen LogP contribution in [-0.4, -0.2) is 31.3 Å². The maximum Gasteiger partial charge on any atom is 0.229 e. The van der Waals surface area contributed by atoms with Crippen LogP contribution in [0.5, 0.6) is 11.8 Å². The third-order valence-corrected chi connectivity index (χ3v) is 2.85. The average Bonchev–Trinajstić information content (AvgIpc) is 2.53. The fourth-order valence-corrected chi connectivity index (χ4v) is 1.87. The van der Waals surface area contributed by atoms with Crippen molar-refractivity contribution in [2.24, 2.45) is 0 Å². The molecule has 0 spiro atoms. The quantitative estimate of drug-likeness (QED) is 0.843. The molecule has 1 heterocycles. The van der Waals surface area contributed by atoms with E-state index in [4.69, 9.17) is 14.2 Å². The molecule has 2 aromatic rings. The first kappa shape index (κ1) is 15.1. The summed E-state index contributed by atoms with van der Waals surface area (Å²) in [5.74, 6) is 1.37. The third kappa shape index (κ3) is 4.32. The molecular weight excluding hydrogens is 270 g/mol. The second-order valence-electron chi connectivity index (χ2n) is 4.38. The highest BCUT2D eigenvalue weighted by Gasteiger charge is 2.05. The van der Waals surface area contributed by atoms with Crippen molar-refractivity contribution in [3.8, 4) is 11.8 Å². The van der Waals surface area contributed by atoms with Gasteiger partial charge >= 0.3 is 0 Å². The lowest BCUT2D eigenvalue weighted by Crippen LogP contribution is -2.06. The van der Waals surface area contributed by atoms with Gasteiger partial charge in [0.15, 0.2) is 0 Å². The molecule has 21 heavy (non-hydrogen) atoms. The summed E-state index contributed by atoms with van der Waals surface area (Å²) < 4.78 is 15.4. The standard InChI is InChI=1S/C15H19N3O3/c1-19-10-12-6-4-5-11(7-12)9-16-15-17-13(20-2)8-14(18-15)21-3/h4-8H,9-10H2,1-3H3,(H,16,17,18). The molecule has 0 saturated heterocycles. The van der Waals surface area contributed by atoms with Crippen LogP contribution in [-0.2, 0) is 17.9 Å². The van der Waals surface area contributed by atoms with Gasteiger partial charge in [0.05, 0.1) is 26.9 Å². The number of hydrogen-bond acceptors (Lipinski definition) is 6. The zero-order valence-corrected chi connectivity index (χ0v) is 12.4. The number of anilines is 1. The van der Waals surface area contributed by atoms with Gasteiger partial charge in [-0.15, -0.1) is 0 Å². The molecule has 0 atom stereocenters. The Hall–Kier alpha value is -2.34. The van der Waals surface area contributed by atoms with Crippen LogP contribution < -0.4 is 14.8 Å². The monoisotopic (exact) mass is 289 g/mol. The highest BCUT2D eigenvalue weighted by atomic mass is 16.5. The van der Waals surface area contributed by atoms with Gasteiger partial charge in [-0.05, 0) is 11.1 Å². The summed E-state index contributed by atoms with van der Waals surface area (Å²) in [7, 11) is 4.79. The van der Waals surface area contributed by atoms with Crippen LogP contribution in [0.2, 0.25) is 0 Å². The molecule has 1 aromatic heterocycles. The molecule has 0 amide bonds. The second kappa shape index (κ2) is 7.44. The maximum atomic E-state index is 5.13. The Balaban J connectivity index is 2.07. The lowest BCUT2D eigenvalue weighted by Gasteiger charge is -2.09. The maximum absolute atomic E-state index is 5.13. The van der Waals surface area contributed by atoms with Crippen molar-refractivity contribution in [2.75, 3.05) is 26.6 Å². The number of nitrogens with one attached hydrogen (secondary N) is 1. The van der Waals surface area contributed by atoms with Gasteiger partial charge in [-0.3, -0.25) is 0 Å². The van der Waals surface area contributed by atoms with Gasteiger partial charge in [0.2, 0.25) is 17.7 Å². The molecule has 0 unspecified atom stereocenters. The van der Waals surface area contributed by atoms with E-state index in [9.17, 15) is 0 Å². The van der Waals surface area contributed by atoms with E-state index in [0.717, 1.165) is 11.1 Å². The number of methoxy groups -OCH3 is 3. The van der Waals surface area contributed by atoms with Crippen molar-refractivity contribution >= 4 is 5.95 Å². The highest BCUT2D eigenvalue weighted by molar-refractivity contribution is 5.35. The van der Waals surface area contributed by atoms with E-state index < -0.39 is 0 Å². The topological polar surface area (TPSA) is 65.5 Å². The Bertz CT molecular complexity index is 568. The Labute approximate surface area is 124 Å². The summed E-state index contributed by atoms with van der Waals surface area (Å²) in [4.78, 5) is 8.45. The molecule has 0 bridgehead atoms. The first-order chi connectivity index (χ1) is 10.2. The van der Waals surface area contributed by atoms with E-state index in [-0.39, 0.29) is 0 Å². The number of nitrogens with zero attached hydrogens (tertiary/aromatic N) is 2. The Morgan fingerprint density at radius 2 is 1.62 bits per heavy atom. The van der Waals surface area contributed by atoms with Crippen molar-refractivity contribution in [1.29, 1.82) is 0 Å². The van der Waals surface area contributed by atoms with Crippen LogP contribution in [0.4, 0.5) is 5.95 Å². The van der Waals surface area contributed by atoms with Crippen LogP contribution in [0.25, 0.3) is 0 Å². The van der Waals surface area contributed by atoms with Crippen LogP contribution >= 0.6 is 0 Å². The van der Waals surface area contributed by atoms with E-state index in [2.05, 4.69) is 21.4 Å². The van der Waals surface area contributed by atoms with Gasteiger partial charge in [0.25, 0.3) is 0 Å². The minimum atomic E-state index is 0.456. The predicted octanol–water partition coefficient (Wildman–Crippen LogP) is 2.25. The van der Waals surface area contributed by atoms with Crippen molar-refractivity contribution in [1.82, 2.24) is 9.97 Å². The zero-order valence-electron chi connectivity index (χ0n) is 12.4. The summed E-state index contributed by atoms with van der Waals surface area (Å²) in [6.45, 7) is 1.20. The number of hydrogen-bond donors (Lipinski definition) is 1. The molecule has 0 aliphatic carbocycles. The van der Waals surface area contributed by atoms with Gasteiger partial charge in [0.1, 0.15) is 0 Å². The summed E-state index contributed by atoms with van der Waals surface area (Å²) in [6, 6.07) is 9.76. The molecule has 6 heteroatoms. The lowest BCUT2D eigenvalue weighted by atomic mass is 10.1. The number of rotatable bonds is 7. The Morgan fingerprint density at radius 1 is 0.952 bits per heavy atom. The van der Waals surface area contributed by atoms with Gasteiger partial charge in [-0.25, -0.2) is 0 Å². The van der Waals surface area contributed by atoms with Crippen molar-refractivity contribution in [2.45, 2.75) is 13.2 Å². The van der Waals surface area contributed by atoms with Gasteiger partial charge < -0.3 is 19.5 Å². The van der Waals surface area contributed by atoms with Crippen LogP contribution in [0, 0.1) is 0 Å². The van der Waals surface area contributed by atoms with Gasteiger partial charge in [-0.2, -0.15) is 9.97 Å². The largest absolute Gasteiger partial charge is 0.481 e. The third-order valence-electron chi connectivity index (χ3n) is 2.85. The molecule has 0 aliphatic rings. The number of ether oxygens (including phenoxy) is 3. The van der Waals surface area contributed by atoms with E-state index >= 15 is 0 Å². The normalized spacial score (nSPS) is 10.2. The fourth-order valence-electron chi connectivity index (χ4n) is 1.87. The Morgan fingerprint density at radius 3 is 2.24 bits per heavy atom. The molecule has 1 aromatic carbocycles. The van der Waals surface area contributed by atoms with Gasteiger partial charge in [0, 0.05) is 13.7 Å². The summed E-state index contributed by atoms with van der Waals surface area (Å²) >= 11 is 0. The smallest absolute Gasteiger partial charge is 0.229 e. The van der Waals surface area contributed by atoms with Crippen LogP contribution in [0.15, 0.2) is 30.3 Å². The summed E-state index contributed by atoms with van der Waals surface area (Å²) in [5, 5.41) is 3.16. The fraction of sp³-hybridized carbons (Fsp3) is 0.333. The zero-order chi connectivity index (χ0) is 15.1.